The smallest absolute Gasteiger partial charge is 0.488 e. The monoisotopic (exact) mass is 599 g/mol. The molecule has 0 amide bonds. The Bertz CT molecular complexity index is 1350. The van der Waals surface area contributed by atoms with Gasteiger partial charge in [-0.15, -0.1) is 13.2 Å². The number of hydrogen-bond acceptors (Lipinski definition) is 5. The summed E-state index contributed by atoms with van der Waals surface area (Å²) in [5.41, 5.74) is 0.670. The first-order valence-electron chi connectivity index (χ1n) is 11.6. The average molecular weight is 599 g/mol. The van der Waals surface area contributed by atoms with Gasteiger partial charge < -0.3 is 24.2 Å². The van der Waals surface area contributed by atoms with Crippen LogP contribution in [-0.4, -0.2) is 49.4 Å². The molecule has 41 heavy (non-hydrogen) atoms. The van der Waals surface area contributed by atoms with Crippen LogP contribution < -0.4 is 19.1 Å². The Morgan fingerprint density at radius 3 is 2.12 bits per heavy atom. The predicted octanol–water partition coefficient (Wildman–Crippen LogP) is 7.35. The number of rotatable bonds is 8. The molecule has 0 aliphatic carbocycles. The maximum atomic E-state index is 13.5. The summed E-state index contributed by atoms with van der Waals surface area (Å²) in [5, 5.41) is 9.89. The van der Waals surface area contributed by atoms with Crippen LogP contribution in [0.3, 0.4) is 0 Å². The van der Waals surface area contributed by atoms with E-state index in [1.165, 1.54) is 42.5 Å². The van der Waals surface area contributed by atoms with Gasteiger partial charge in [0.15, 0.2) is 11.9 Å². The van der Waals surface area contributed by atoms with Gasteiger partial charge in [-0.05, 0) is 41.5 Å². The normalized spacial score (nSPS) is 16.7. The zero-order valence-corrected chi connectivity index (χ0v) is 20.4. The molecule has 1 aliphatic rings. The van der Waals surface area contributed by atoms with Crippen LogP contribution >= 0.6 is 0 Å². The van der Waals surface area contributed by atoms with E-state index in [1.807, 2.05) is 0 Å². The van der Waals surface area contributed by atoms with Crippen LogP contribution in [0.4, 0.5) is 49.6 Å². The molecule has 0 fully saturated rings. The van der Waals surface area contributed by atoms with E-state index in [-0.39, 0.29) is 22.6 Å². The van der Waals surface area contributed by atoms with Crippen LogP contribution in [0.15, 0.2) is 66.7 Å². The lowest BCUT2D eigenvalue weighted by Gasteiger charge is -2.41. The molecular formula is C26H19F10NO4. The van der Waals surface area contributed by atoms with Crippen molar-refractivity contribution in [2.45, 2.75) is 37.2 Å². The first-order valence-corrected chi connectivity index (χ1v) is 11.6. The predicted molar refractivity (Wildman–Crippen MR) is 124 cm³/mol. The number of aliphatic hydroxyl groups excluding tert-OH is 1. The van der Waals surface area contributed by atoms with E-state index in [9.17, 15) is 49.0 Å². The summed E-state index contributed by atoms with van der Waals surface area (Å²) in [6, 6.07) is 12.1. The second-order valence-corrected chi connectivity index (χ2v) is 8.80. The van der Waals surface area contributed by atoms with Gasteiger partial charge in [-0.2, -0.15) is 30.7 Å². The first kappa shape index (κ1) is 30.1. The fourth-order valence-electron chi connectivity index (χ4n) is 4.16. The number of fused-ring (bicyclic) bond motifs is 1. The number of ether oxygens (including phenoxy) is 3. The maximum absolute atomic E-state index is 13.5. The van der Waals surface area contributed by atoms with Crippen LogP contribution in [0.5, 0.6) is 17.2 Å². The molecule has 0 aromatic heterocycles. The van der Waals surface area contributed by atoms with Gasteiger partial charge in [0.2, 0.25) is 0 Å². The molecule has 5 nitrogen and oxygen atoms in total. The molecule has 4 rings (SSSR count). The van der Waals surface area contributed by atoms with Crippen LogP contribution in [-0.2, 0) is 0 Å². The van der Waals surface area contributed by atoms with Crippen molar-refractivity contribution in [1.82, 2.24) is 0 Å². The molecule has 0 radical (unpaired) electrons. The zero-order chi connectivity index (χ0) is 30.2. The highest BCUT2D eigenvalue weighted by Gasteiger charge is 2.45. The van der Waals surface area contributed by atoms with Crippen LogP contribution in [0, 0.1) is 0 Å². The van der Waals surface area contributed by atoms with E-state index >= 15 is 0 Å². The lowest BCUT2D eigenvalue weighted by molar-refractivity contribution is -0.274. The van der Waals surface area contributed by atoms with Crippen LogP contribution in [0.1, 0.15) is 11.6 Å². The highest BCUT2D eigenvalue weighted by atomic mass is 19.4. The van der Waals surface area contributed by atoms with Gasteiger partial charge >= 0.3 is 25.1 Å². The highest BCUT2D eigenvalue weighted by molar-refractivity contribution is 5.80. The number of nitrogens with zero attached hydrogens (tertiary/aromatic N) is 1. The van der Waals surface area contributed by atoms with Gasteiger partial charge in [0.05, 0.1) is 18.3 Å². The summed E-state index contributed by atoms with van der Waals surface area (Å²) >= 11 is 0. The highest BCUT2D eigenvalue weighted by Crippen LogP contribution is 2.46. The van der Waals surface area contributed by atoms with Crippen molar-refractivity contribution in [3.63, 3.8) is 0 Å². The minimum atomic E-state index is -5.04. The van der Waals surface area contributed by atoms with Crippen molar-refractivity contribution >= 4 is 5.69 Å². The molecule has 15 heteroatoms. The number of anilines is 1. The van der Waals surface area contributed by atoms with E-state index in [0.29, 0.717) is 5.56 Å². The topological polar surface area (TPSA) is 51.2 Å². The Balaban J connectivity index is 1.72. The molecule has 0 bridgehead atoms. The lowest BCUT2D eigenvalue weighted by Crippen LogP contribution is -2.46. The Morgan fingerprint density at radius 1 is 0.854 bits per heavy atom. The minimum Gasteiger partial charge on any atom is -0.488 e. The van der Waals surface area contributed by atoms with Crippen molar-refractivity contribution < 1.29 is 63.2 Å². The summed E-state index contributed by atoms with van der Waals surface area (Å²) < 4.78 is 144. The van der Waals surface area contributed by atoms with E-state index in [2.05, 4.69) is 9.47 Å². The summed E-state index contributed by atoms with van der Waals surface area (Å²) in [7, 11) is 0. The summed E-state index contributed by atoms with van der Waals surface area (Å²) in [6.07, 6.45) is -21.8. The van der Waals surface area contributed by atoms with E-state index in [1.54, 1.807) is 0 Å². The fraction of sp³-hybridized carbons (Fsp3) is 0.308. The van der Waals surface area contributed by atoms with Gasteiger partial charge in [0.1, 0.15) is 18.1 Å². The van der Waals surface area contributed by atoms with Gasteiger partial charge in [0, 0.05) is 5.56 Å². The molecular weight excluding hydrogens is 580 g/mol. The van der Waals surface area contributed by atoms with Gasteiger partial charge in [0.25, 0.3) is 0 Å². The van der Waals surface area contributed by atoms with E-state index in [0.717, 1.165) is 29.2 Å². The third kappa shape index (κ3) is 7.07. The van der Waals surface area contributed by atoms with Crippen molar-refractivity contribution in [2.75, 3.05) is 18.1 Å². The second-order valence-electron chi connectivity index (χ2n) is 8.80. The molecule has 0 saturated carbocycles. The van der Waals surface area contributed by atoms with Gasteiger partial charge in [-0.3, -0.25) is 0 Å². The summed E-state index contributed by atoms with van der Waals surface area (Å²) in [6.45, 7) is -1.43. The van der Waals surface area contributed by atoms with Crippen molar-refractivity contribution in [2.24, 2.45) is 0 Å². The molecule has 1 heterocycles. The third-order valence-electron chi connectivity index (χ3n) is 5.96. The molecule has 2 unspecified atom stereocenters. The largest absolute Gasteiger partial charge is 0.573 e. The molecule has 222 valence electrons. The maximum Gasteiger partial charge on any atom is 0.573 e. The quantitative estimate of drug-likeness (QED) is 0.275. The number of halogens is 10. The average Bonchev–Trinajstić information content (AvgIpc) is 2.87. The lowest BCUT2D eigenvalue weighted by atomic mass is 9.98. The molecule has 0 saturated heterocycles. The van der Waals surface area contributed by atoms with E-state index in [4.69, 9.17) is 4.74 Å². The zero-order valence-electron chi connectivity index (χ0n) is 20.4. The Kier molecular flexibility index (Phi) is 8.21. The molecule has 3 aromatic rings. The Labute approximate surface area is 225 Å². The number of para-hydroxylation sites is 1. The van der Waals surface area contributed by atoms with Crippen molar-refractivity contribution in [1.29, 1.82) is 0 Å². The van der Waals surface area contributed by atoms with Crippen molar-refractivity contribution in [3.05, 3.63) is 72.3 Å². The van der Waals surface area contributed by atoms with Crippen LogP contribution in [0.2, 0.25) is 0 Å². The number of aliphatic hydroxyl groups is 1. The number of hydrogen-bond donors (Lipinski definition) is 1. The second kappa shape index (κ2) is 11.2. The minimum absolute atomic E-state index is 0.0271. The Morgan fingerprint density at radius 2 is 1.51 bits per heavy atom. The summed E-state index contributed by atoms with van der Waals surface area (Å²) in [4.78, 5) is 1.10. The fourth-order valence-corrected chi connectivity index (χ4v) is 4.16. The standard InChI is InChI=1S/C26H19F10NO4/c27-23(28)25(32,33)40-17-4-1-3-15(11-17)20-13-39-22-18(14-7-9-16(10-8-14)41-26(34,35)36)5-2-6-19(22)37(20)12-21(38)24(29,30)31/h1-11,20-21,23,38H,12-13H2. The number of benzene rings is 3. The Hall–Kier alpha value is -3.88. The molecule has 2 atom stereocenters. The number of β-amino-alcohol motifs (C(OH)–C–C–N with tert-alkyl or cyclic N) is 1. The molecule has 0 spiro atoms. The van der Waals surface area contributed by atoms with Crippen LogP contribution in [0.25, 0.3) is 11.1 Å². The third-order valence-corrected chi connectivity index (χ3v) is 5.96. The van der Waals surface area contributed by atoms with Crippen molar-refractivity contribution in [3.8, 4) is 28.4 Å². The summed E-state index contributed by atoms with van der Waals surface area (Å²) in [5.74, 6) is -1.18. The molecule has 1 aliphatic heterocycles. The number of alkyl halides is 10. The molecule has 3 aromatic carbocycles. The van der Waals surface area contributed by atoms with Gasteiger partial charge in [-0.1, -0.05) is 36.4 Å². The van der Waals surface area contributed by atoms with Gasteiger partial charge in [-0.25, -0.2) is 0 Å². The SMILES string of the molecule is OC(CN1c2cccc(-c3ccc(OC(F)(F)F)cc3)c2OCC1c1cccc(OC(F)(F)C(F)F)c1)C(F)(F)F. The molecule has 1 N–H and O–H groups in total. The first-order chi connectivity index (χ1) is 19.0. The van der Waals surface area contributed by atoms with E-state index < -0.39 is 61.9 Å².